The molecular formula is C9H6BrN5O4. The van der Waals surface area contributed by atoms with Gasteiger partial charge in [-0.05, 0) is 25.8 Å². The van der Waals surface area contributed by atoms with Gasteiger partial charge in [0, 0.05) is 6.07 Å². The maximum atomic E-state index is 11.9. The Labute approximate surface area is 114 Å². The molecule has 0 aliphatic rings. The molecule has 0 aliphatic heterocycles. The van der Waals surface area contributed by atoms with Crippen LogP contribution in [0, 0.1) is 10.1 Å². The fourth-order valence-corrected chi connectivity index (χ4v) is 1.62. The second-order valence-corrected chi connectivity index (χ2v) is 4.16. The largest absolute Gasteiger partial charge is 0.364 e. The fraction of sp³-hybridized carbons (Fsp3) is 0.111. The highest BCUT2D eigenvalue weighted by atomic mass is 79.9. The third-order valence-electron chi connectivity index (χ3n) is 2.09. The molecule has 0 unspecified atom stereocenters. The lowest BCUT2D eigenvalue weighted by Gasteiger charge is -2.03. The molecule has 1 amide bonds. The lowest BCUT2D eigenvalue weighted by Crippen LogP contribution is -2.24. The monoisotopic (exact) mass is 327 g/mol. The standard InChI is InChI=1S/C9H6BrN5O4/c10-6-2-11-8(15(17)18)1-5(6)9(16)12-3-7-13-4-19-14-7/h1-2,4H,3H2,(H,12,16). The molecule has 0 saturated carbocycles. The van der Waals surface area contributed by atoms with Gasteiger partial charge in [-0.2, -0.15) is 4.98 Å². The average molecular weight is 328 g/mol. The van der Waals surface area contributed by atoms with Crippen molar-refractivity contribution in [3.05, 3.63) is 44.6 Å². The Bertz CT molecular complexity index is 615. The SMILES string of the molecule is O=C(NCc1ncon1)c1cc([N+](=O)[O-])ncc1Br. The Kier molecular flexibility index (Phi) is 3.80. The van der Waals surface area contributed by atoms with E-state index in [2.05, 4.69) is 40.9 Å². The van der Waals surface area contributed by atoms with E-state index in [4.69, 9.17) is 0 Å². The summed E-state index contributed by atoms with van der Waals surface area (Å²) < 4.78 is 4.86. The molecule has 2 rings (SSSR count). The molecule has 2 aromatic heterocycles. The van der Waals surface area contributed by atoms with Crippen molar-refractivity contribution in [2.24, 2.45) is 0 Å². The number of halogens is 1. The summed E-state index contributed by atoms with van der Waals surface area (Å²) in [7, 11) is 0. The number of carbonyl (C=O) groups is 1. The van der Waals surface area contributed by atoms with Crippen LogP contribution in [0.2, 0.25) is 0 Å². The highest BCUT2D eigenvalue weighted by molar-refractivity contribution is 9.10. The summed E-state index contributed by atoms with van der Waals surface area (Å²) in [6, 6.07) is 1.08. The predicted molar refractivity (Wildman–Crippen MR) is 64.1 cm³/mol. The second-order valence-electron chi connectivity index (χ2n) is 3.31. The topological polar surface area (TPSA) is 124 Å². The van der Waals surface area contributed by atoms with Crippen LogP contribution in [0.25, 0.3) is 0 Å². The van der Waals surface area contributed by atoms with Crippen molar-refractivity contribution in [2.75, 3.05) is 0 Å². The summed E-state index contributed by atoms with van der Waals surface area (Å²) in [6.07, 6.45) is 2.33. The van der Waals surface area contributed by atoms with E-state index < -0.39 is 16.6 Å². The van der Waals surface area contributed by atoms with Gasteiger partial charge in [-0.15, -0.1) is 0 Å². The van der Waals surface area contributed by atoms with Gasteiger partial charge >= 0.3 is 5.82 Å². The van der Waals surface area contributed by atoms with Crippen LogP contribution in [-0.2, 0) is 6.54 Å². The van der Waals surface area contributed by atoms with Gasteiger partial charge in [0.15, 0.2) is 12.0 Å². The smallest absolute Gasteiger partial charge is 0.358 e. The van der Waals surface area contributed by atoms with Crippen molar-refractivity contribution in [1.82, 2.24) is 20.4 Å². The minimum atomic E-state index is -0.678. The zero-order valence-corrected chi connectivity index (χ0v) is 10.8. The molecule has 0 spiro atoms. The zero-order chi connectivity index (χ0) is 13.8. The summed E-state index contributed by atoms with van der Waals surface area (Å²) in [6.45, 7) is 0.0535. The summed E-state index contributed by atoms with van der Waals surface area (Å²) in [5, 5.41) is 16.6. The number of nitro groups is 1. The molecule has 0 aliphatic carbocycles. The van der Waals surface area contributed by atoms with Gasteiger partial charge in [0.05, 0.1) is 16.6 Å². The molecular weight excluding hydrogens is 322 g/mol. The third-order valence-corrected chi connectivity index (χ3v) is 2.72. The van der Waals surface area contributed by atoms with Gasteiger partial charge < -0.3 is 20.0 Å². The number of hydrogen-bond acceptors (Lipinski definition) is 7. The van der Waals surface area contributed by atoms with E-state index >= 15 is 0 Å². The molecule has 1 N–H and O–H groups in total. The van der Waals surface area contributed by atoms with Gasteiger partial charge in [0.1, 0.15) is 0 Å². The third kappa shape index (κ3) is 3.10. The zero-order valence-electron chi connectivity index (χ0n) is 9.24. The molecule has 9 nitrogen and oxygen atoms in total. The highest BCUT2D eigenvalue weighted by Gasteiger charge is 2.17. The first-order chi connectivity index (χ1) is 9.08. The first kappa shape index (κ1) is 13.1. The molecule has 0 bridgehead atoms. The maximum Gasteiger partial charge on any atom is 0.364 e. The van der Waals surface area contributed by atoms with Crippen molar-refractivity contribution < 1.29 is 14.2 Å². The van der Waals surface area contributed by atoms with Crippen molar-refractivity contribution in [3.8, 4) is 0 Å². The highest BCUT2D eigenvalue weighted by Crippen LogP contribution is 2.19. The number of aromatic nitrogens is 3. The maximum absolute atomic E-state index is 11.9. The molecule has 0 saturated heterocycles. The first-order valence-corrected chi connectivity index (χ1v) is 5.70. The van der Waals surface area contributed by atoms with E-state index in [1.54, 1.807) is 0 Å². The van der Waals surface area contributed by atoms with E-state index in [1.165, 1.54) is 6.20 Å². The van der Waals surface area contributed by atoms with E-state index in [-0.39, 0.29) is 12.1 Å². The number of carbonyl (C=O) groups excluding carboxylic acids is 1. The van der Waals surface area contributed by atoms with E-state index in [0.717, 1.165) is 12.5 Å². The lowest BCUT2D eigenvalue weighted by atomic mass is 10.2. The Balaban J connectivity index is 2.14. The number of hydrogen-bond donors (Lipinski definition) is 1. The molecule has 19 heavy (non-hydrogen) atoms. The van der Waals surface area contributed by atoms with Gasteiger partial charge in [0.25, 0.3) is 5.91 Å². The van der Waals surface area contributed by atoms with Crippen molar-refractivity contribution >= 4 is 27.7 Å². The molecule has 0 fully saturated rings. The van der Waals surface area contributed by atoms with Crippen molar-refractivity contribution in [1.29, 1.82) is 0 Å². The van der Waals surface area contributed by atoms with Crippen LogP contribution in [0.1, 0.15) is 16.2 Å². The van der Waals surface area contributed by atoms with Crippen LogP contribution >= 0.6 is 15.9 Å². The Hall–Kier alpha value is -2.36. The summed E-state index contributed by atoms with van der Waals surface area (Å²) in [4.78, 5) is 29.1. The van der Waals surface area contributed by atoms with Crippen LogP contribution in [0.3, 0.4) is 0 Å². The number of amides is 1. The number of rotatable bonds is 4. The second kappa shape index (κ2) is 5.52. The molecule has 98 valence electrons. The van der Waals surface area contributed by atoms with Crippen LogP contribution in [0.15, 0.2) is 27.7 Å². The Morgan fingerprint density at radius 2 is 2.32 bits per heavy atom. The van der Waals surface area contributed by atoms with E-state index in [9.17, 15) is 14.9 Å². The molecule has 10 heteroatoms. The summed E-state index contributed by atoms with van der Waals surface area (Å²) in [5.74, 6) is -0.622. The molecule has 0 radical (unpaired) electrons. The Morgan fingerprint density at radius 1 is 1.53 bits per heavy atom. The number of pyridine rings is 1. The van der Waals surface area contributed by atoms with Crippen LogP contribution in [-0.4, -0.2) is 26.0 Å². The number of nitrogens with one attached hydrogen (secondary N) is 1. The van der Waals surface area contributed by atoms with Crippen molar-refractivity contribution in [2.45, 2.75) is 6.54 Å². The van der Waals surface area contributed by atoms with Crippen LogP contribution in [0.4, 0.5) is 5.82 Å². The van der Waals surface area contributed by atoms with Gasteiger partial charge in [-0.1, -0.05) is 5.16 Å². The molecule has 0 aromatic carbocycles. The molecule has 2 aromatic rings. The van der Waals surface area contributed by atoms with E-state index in [1.807, 2.05) is 0 Å². The normalized spacial score (nSPS) is 10.2. The lowest BCUT2D eigenvalue weighted by molar-refractivity contribution is -0.389. The van der Waals surface area contributed by atoms with Crippen molar-refractivity contribution in [3.63, 3.8) is 0 Å². The summed E-state index contributed by atoms with van der Waals surface area (Å²) in [5.41, 5.74) is 0.102. The molecule has 0 atom stereocenters. The average Bonchev–Trinajstić information content (AvgIpc) is 2.89. The van der Waals surface area contributed by atoms with Crippen LogP contribution in [0.5, 0.6) is 0 Å². The predicted octanol–water partition coefficient (Wildman–Crippen LogP) is 1.07. The Morgan fingerprint density at radius 3 is 2.95 bits per heavy atom. The van der Waals surface area contributed by atoms with Gasteiger partial charge in [0.2, 0.25) is 6.39 Å². The minimum Gasteiger partial charge on any atom is -0.358 e. The quantitative estimate of drug-likeness (QED) is 0.657. The first-order valence-electron chi connectivity index (χ1n) is 4.91. The molecule has 2 heterocycles. The van der Waals surface area contributed by atoms with E-state index in [0.29, 0.717) is 10.3 Å². The summed E-state index contributed by atoms with van der Waals surface area (Å²) >= 11 is 3.10. The fourth-order valence-electron chi connectivity index (χ4n) is 1.23. The van der Waals surface area contributed by atoms with Crippen LogP contribution < -0.4 is 5.32 Å². The van der Waals surface area contributed by atoms with Gasteiger partial charge in [-0.3, -0.25) is 4.79 Å². The van der Waals surface area contributed by atoms with Gasteiger partial charge in [-0.25, -0.2) is 0 Å². The number of nitrogens with zero attached hydrogens (tertiary/aromatic N) is 4. The minimum absolute atomic E-state index is 0.0535.